The minimum atomic E-state index is -4.58. The minimum absolute atomic E-state index is 1.60. The van der Waals surface area contributed by atoms with Crippen LogP contribution in [0.2, 0.25) is 0 Å². The Morgan fingerprint density at radius 2 is 1.89 bits per heavy atom. The van der Waals surface area contributed by atoms with Crippen LogP contribution in [0.5, 0.6) is 0 Å². The lowest BCUT2D eigenvalue weighted by Gasteiger charge is -2.02. The van der Waals surface area contributed by atoms with Crippen LogP contribution in [0.3, 0.4) is 0 Å². The van der Waals surface area contributed by atoms with Gasteiger partial charge in [-0.25, -0.2) is 0 Å². The third kappa shape index (κ3) is 8.25. The molecule has 0 saturated heterocycles. The van der Waals surface area contributed by atoms with E-state index in [1.807, 2.05) is 0 Å². The summed E-state index contributed by atoms with van der Waals surface area (Å²) < 4.78 is 50.4. The van der Waals surface area contributed by atoms with E-state index in [0.717, 1.165) is 0 Å². The number of alkyl halides is 3. The third-order valence-electron chi connectivity index (χ3n) is 0.346. The molecule has 0 aromatic heterocycles. The van der Waals surface area contributed by atoms with Crippen molar-refractivity contribution in [1.29, 1.82) is 0 Å². The molecule has 0 aromatic rings. The average Bonchev–Trinajstić information content (AvgIpc) is 1.14. The fourth-order valence-electron chi connectivity index (χ4n) is 0.207. The molecule has 0 aliphatic heterocycles. The molecule has 9 heavy (non-hydrogen) atoms. The van der Waals surface area contributed by atoms with Crippen molar-refractivity contribution in [3.63, 3.8) is 0 Å². The van der Waals surface area contributed by atoms with Crippen LogP contribution in [0.4, 0.5) is 8.78 Å². The van der Waals surface area contributed by atoms with E-state index in [2.05, 4.69) is 0 Å². The van der Waals surface area contributed by atoms with Gasteiger partial charge in [-0.15, -0.1) is 0 Å². The van der Waals surface area contributed by atoms with Crippen LogP contribution in [0.1, 0.15) is 0 Å². The summed E-state index contributed by atoms with van der Waals surface area (Å²) in [4.78, 5) is -3.54. The Hall–Kier alpha value is 0.250. The molecule has 0 spiro atoms. The Morgan fingerprint density at radius 3 is 1.89 bits per heavy atom. The molecule has 0 rings (SSSR count). The summed E-state index contributed by atoms with van der Waals surface area (Å²) in [5, 5.41) is 0. The van der Waals surface area contributed by atoms with Crippen molar-refractivity contribution in [2.24, 2.45) is 0 Å². The summed E-state index contributed by atoms with van der Waals surface area (Å²) in [6.45, 7) is 0. The van der Waals surface area contributed by atoms with Crippen LogP contribution < -0.4 is 0 Å². The van der Waals surface area contributed by atoms with Crippen LogP contribution in [-0.4, -0.2) is 23.6 Å². The standard InChI is InChI=1S/C2H3BrF2O3S/c3-2(4,5)1-9(6,7)8/h1H2,(H,6,7,8). The summed E-state index contributed by atoms with van der Waals surface area (Å²) in [6, 6.07) is 0. The molecule has 3 nitrogen and oxygen atoms in total. The maximum Gasteiger partial charge on any atom is 0.317 e. The maximum absolute atomic E-state index is 11.6. The Bertz CT molecular complexity index is 180. The van der Waals surface area contributed by atoms with Crippen molar-refractivity contribution >= 4 is 26.0 Å². The first-order valence-corrected chi connectivity index (χ1v) is 4.13. The van der Waals surface area contributed by atoms with E-state index in [1.54, 1.807) is 15.9 Å². The van der Waals surface area contributed by atoms with Crippen molar-refractivity contribution in [2.75, 3.05) is 5.75 Å². The molecule has 0 aromatic carbocycles. The van der Waals surface area contributed by atoms with Gasteiger partial charge in [-0.05, 0) is 15.9 Å². The number of hydrogen-bond acceptors (Lipinski definition) is 2. The van der Waals surface area contributed by atoms with Gasteiger partial charge in [0, 0.05) is 0 Å². The van der Waals surface area contributed by atoms with Gasteiger partial charge in [-0.2, -0.15) is 17.2 Å². The molecule has 1 N–H and O–H groups in total. The monoisotopic (exact) mass is 224 g/mol. The quantitative estimate of drug-likeness (QED) is 0.560. The summed E-state index contributed by atoms with van der Waals surface area (Å²) in [6.07, 6.45) is 0. The molecular weight excluding hydrogens is 222 g/mol. The molecular formula is C2H3BrF2O3S. The van der Waals surface area contributed by atoms with Crippen molar-refractivity contribution in [2.45, 2.75) is 4.83 Å². The predicted molar refractivity (Wildman–Crippen MR) is 30.3 cm³/mol. The molecule has 0 atom stereocenters. The number of rotatable bonds is 2. The SMILES string of the molecule is O=S(=O)(O)CC(F)(F)Br. The molecule has 0 aliphatic rings. The zero-order valence-corrected chi connectivity index (χ0v) is 6.42. The van der Waals surface area contributed by atoms with Crippen molar-refractivity contribution in [3.8, 4) is 0 Å². The van der Waals surface area contributed by atoms with Crippen molar-refractivity contribution in [1.82, 2.24) is 0 Å². The summed E-state index contributed by atoms with van der Waals surface area (Å²) in [7, 11) is -4.58. The van der Waals surface area contributed by atoms with Crippen molar-refractivity contribution < 1.29 is 21.8 Å². The summed E-state index contributed by atoms with van der Waals surface area (Å²) in [5.74, 6) is -1.60. The molecule has 56 valence electrons. The van der Waals surface area contributed by atoms with Gasteiger partial charge < -0.3 is 0 Å². The van der Waals surface area contributed by atoms with Gasteiger partial charge in [0.05, 0.1) is 0 Å². The Kier molecular flexibility index (Phi) is 2.54. The van der Waals surface area contributed by atoms with E-state index in [9.17, 15) is 17.2 Å². The van der Waals surface area contributed by atoms with Gasteiger partial charge in [0.2, 0.25) is 0 Å². The first-order valence-electron chi connectivity index (χ1n) is 1.73. The molecule has 0 unspecified atom stereocenters. The maximum atomic E-state index is 11.6. The molecule has 0 aliphatic carbocycles. The van der Waals surface area contributed by atoms with Gasteiger partial charge in [-0.3, -0.25) is 4.55 Å². The van der Waals surface area contributed by atoms with Crippen LogP contribution >= 0.6 is 15.9 Å². The zero-order chi connectivity index (χ0) is 7.71. The Morgan fingerprint density at radius 1 is 1.56 bits per heavy atom. The summed E-state index contributed by atoms with van der Waals surface area (Å²) in [5.41, 5.74) is 0. The molecule has 0 heterocycles. The van der Waals surface area contributed by atoms with E-state index < -0.39 is 20.7 Å². The normalized spacial score (nSPS) is 13.8. The molecule has 7 heteroatoms. The highest BCUT2D eigenvalue weighted by Crippen LogP contribution is 2.22. The first-order chi connectivity index (χ1) is 3.71. The Labute approximate surface area is 58.9 Å². The molecule has 0 saturated carbocycles. The van der Waals surface area contributed by atoms with Gasteiger partial charge in [0.1, 0.15) is 5.75 Å². The fourth-order valence-corrected chi connectivity index (χ4v) is 1.49. The largest absolute Gasteiger partial charge is 0.317 e. The van der Waals surface area contributed by atoms with Crippen LogP contribution in [-0.2, 0) is 10.1 Å². The average molecular weight is 225 g/mol. The first kappa shape index (κ1) is 9.25. The second-order valence-corrected chi connectivity index (χ2v) is 3.95. The van der Waals surface area contributed by atoms with E-state index in [1.165, 1.54) is 0 Å². The van der Waals surface area contributed by atoms with Gasteiger partial charge >= 0.3 is 4.83 Å². The lowest BCUT2D eigenvalue weighted by Crippen LogP contribution is -2.20. The highest BCUT2D eigenvalue weighted by atomic mass is 79.9. The minimum Gasteiger partial charge on any atom is -0.285 e. The molecule has 0 fully saturated rings. The van der Waals surface area contributed by atoms with Crippen LogP contribution in [0, 0.1) is 0 Å². The lowest BCUT2D eigenvalue weighted by atomic mass is 10.9. The highest BCUT2D eigenvalue weighted by molar-refractivity contribution is 9.10. The number of hydrogen-bond donors (Lipinski definition) is 1. The van der Waals surface area contributed by atoms with E-state index >= 15 is 0 Å². The van der Waals surface area contributed by atoms with Gasteiger partial charge in [0.15, 0.2) is 0 Å². The lowest BCUT2D eigenvalue weighted by molar-refractivity contribution is 0.139. The third-order valence-corrected chi connectivity index (χ3v) is 1.72. The van der Waals surface area contributed by atoms with Crippen LogP contribution in [0.15, 0.2) is 0 Å². The zero-order valence-electron chi connectivity index (χ0n) is 4.01. The summed E-state index contributed by atoms with van der Waals surface area (Å²) >= 11 is 1.74. The van der Waals surface area contributed by atoms with E-state index in [0.29, 0.717) is 0 Å². The molecule has 0 bridgehead atoms. The van der Waals surface area contributed by atoms with Crippen LogP contribution in [0.25, 0.3) is 0 Å². The van der Waals surface area contributed by atoms with Gasteiger partial charge in [-0.1, -0.05) is 0 Å². The topological polar surface area (TPSA) is 54.4 Å². The van der Waals surface area contributed by atoms with Crippen molar-refractivity contribution in [3.05, 3.63) is 0 Å². The van der Waals surface area contributed by atoms with E-state index in [4.69, 9.17) is 4.55 Å². The second kappa shape index (κ2) is 2.47. The molecule has 0 amide bonds. The molecule has 0 radical (unpaired) electrons. The van der Waals surface area contributed by atoms with E-state index in [-0.39, 0.29) is 0 Å². The predicted octanol–water partition coefficient (Wildman–Crippen LogP) is 0.862. The Balaban J connectivity index is 4.07. The smallest absolute Gasteiger partial charge is 0.285 e. The second-order valence-electron chi connectivity index (χ2n) is 1.34. The van der Waals surface area contributed by atoms with Gasteiger partial charge in [0.25, 0.3) is 10.1 Å². The fraction of sp³-hybridized carbons (Fsp3) is 1.00. The highest BCUT2D eigenvalue weighted by Gasteiger charge is 2.30. The number of halogens is 3.